The Morgan fingerprint density at radius 1 is 1.15 bits per heavy atom. The number of nitrogens with zero attached hydrogens (tertiary/aromatic N) is 4. The Labute approximate surface area is 226 Å². The van der Waals surface area contributed by atoms with E-state index >= 15 is 0 Å². The van der Waals surface area contributed by atoms with Gasteiger partial charge in [-0.1, -0.05) is 18.2 Å². The van der Waals surface area contributed by atoms with Crippen molar-refractivity contribution in [3.63, 3.8) is 0 Å². The maximum atomic E-state index is 13.1. The Morgan fingerprint density at radius 3 is 2.62 bits per heavy atom. The molecule has 0 aliphatic heterocycles. The Hall–Kier alpha value is -4.81. The largest absolute Gasteiger partial charge is 0.440 e. The molecule has 1 unspecified atom stereocenters. The third-order valence-corrected chi connectivity index (χ3v) is 7.15. The number of aryl methyl sites for hydroxylation is 1. The van der Waals surface area contributed by atoms with E-state index in [-0.39, 0.29) is 18.4 Å². The van der Waals surface area contributed by atoms with Crippen LogP contribution >= 0.6 is 11.3 Å². The molecule has 12 heteroatoms. The number of carbonyl (C=O) groups excluding carboxylic acids is 3. The molecule has 1 atom stereocenters. The van der Waals surface area contributed by atoms with Crippen LogP contribution in [0.3, 0.4) is 0 Å². The van der Waals surface area contributed by atoms with Crippen LogP contribution in [0.4, 0.5) is 11.6 Å². The summed E-state index contributed by atoms with van der Waals surface area (Å²) in [5.74, 6) is -0.387. The number of aliphatic hydroxyl groups is 1. The lowest BCUT2D eigenvalue weighted by molar-refractivity contribution is -0.126. The van der Waals surface area contributed by atoms with Crippen LogP contribution in [-0.4, -0.2) is 50.5 Å². The van der Waals surface area contributed by atoms with Crippen LogP contribution in [0.1, 0.15) is 25.9 Å². The maximum absolute atomic E-state index is 13.1. The first kappa shape index (κ1) is 25.8. The summed E-state index contributed by atoms with van der Waals surface area (Å²) in [6.07, 6.45) is 0.0769. The number of nitrogens with one attached hydrogen (secondary N) is 1. The molecule has 5 rings (SSSR count). The van der Waals surface area contributed by atoms with E-state index in [1.165, 1.54) is 20.8 Å². The predicted octanol–water partition coefficient (Wildman–Crippen LogP) is 3.44. The van der Waals surface area contributed by atoms with Crippen LogP contribution in [0.2, 0.25) is 0 Å². The number of hydrogen-bond donors (Lipinski definition) is 3. The fourth-order valence-corrected chi connectivity index (χ4v) is 4.84. The molecular weight excluding hydrogens is 520 g/mol. The zero-order chi connectivity index (χ0) is 27.7. The molecule has 11 nitrogen and oxygen atoms in total. The molecule has 39 heavy (non-hydrogen) atoms. The predicted molar refractivity (Wildman–Crippen MR) is 147 cm³/mol. The van der Waals surface area contributed by atoms with Gasteiger partial charge in [-0.15, -0.1) is 11.3 Å². The minimum atomic E-state index is -1.51. The summed E-state index contributed by atoms with van der Waals surface area (Å²) in [6, 6.07) is 17.4. The molecule has 198 valence electrons. The highest BCUT2D eigenvalue weighted by Gasteiger charge is 2.22. The van der Waals surface area contributed by atoms with Crippen LogP contribution in [0.25, 0.3) is 21.7 Å². The third kappa shape index (κ3) is 5.28. The van der Waals surface area contributed by atoms with Gasteiger partial charge in [-0.3, -0.25) is 19.7 Å². The number of rotatable bonds is 8. The highest BCUT2D eigenvalue weighted by molar-refractivity contribution is 7.17. The molecule has 3 aromatic heterocycles. The molecule has 0 spiro atoms. The van der Waals surface area contributed by atoms with Gasteiger partial charge in [0.25, 0.3) is 11.8 Å². The summed E-state index contributed by atoms with van der Waals surface area (Å²) in [5, 5.41) is 13.0. The maximum Gasteiger partial charge on any atom is 0.268 e. The number of aliphatic hydroxyl groups excluding tert-OH is 1. The van der Waals surface area contributed by atoms with E-state index in [1.54, 1.807) is 74.8 Å². The quantitative estimate of drug-likeness (QED) is 0.270. The van der Waals surface area contributed by atoms with Crippen molar-refractivity contribution < 1.29 is 23.9 Å². The lowest BCUT2D eigenvalue weighted by Crippen LogP contribution is -2.32. The lowest BCUT2D eigenvalue weighted by Gasteiger charge is -2.17. The minimum absolute atomic E-state index is 0.106. The summed E-state index contributed by atoms with van der Waals surface area (Å²) in [4.78, 5) is 48.9. The fourth-order valence-electron chi connectivity index (χ4n) is 3.99. The Balaban J connectivity index is 1.46. The van der Waals surface area contributed by atoms with Gasteiger partial charge in [-0.25, -0.2) is 9.97 Å². The first-order valence-corrected chi connectivity index (χ1v) is 12.7. The van der Waals surface area contributed by atoms with Crippen LogP contribution in [0.15, 0.2) is 71.3 Å². The number of amides is 3. The molecule has 3 amide bonds. The number of oxazole rings is 1. The number of primary amides is 1. The highest BCUT2D eigenvalue weighted by Crippen LogP contribution is 2.30. The molecular formula is C27H24N6O5S. The monoisotopic (exact) mass is 544 g/mol. The average Bonchev–Trinajstić information content (AvgIpc) is 3.67. The minimum Gasteiger partial charge on any atom is -0.440 e. The van der Waals surface area contributed by atoms with Crippen LogP contribution in [0, 0.1) is 6.92 Å². The van der Waals surface area contributed by atoms with Crippen molar-refractivity contribution in [1.82, 2.24) is 14.5 Å². The second-order valence-corrected chi connectivity index (χ2v) is 9.81. The molecule has 0 saturated carbocycles. The van der Waals surface area contributed by atoms with Gasteiger partial charge in [-0.2, -0.15) is 0 Å². The number of nitrogens with two attached hydrogens (primary N) is 1. The van der Waals surface area contributed by atoms with Crippen molar-refractivity contribution >= 4 is 51.7 Å². The molecule has 0 aliphatic carbocycles. The third-order valence-electron chi connectivity index (χ3n) is 6.05. The summed E-state index contributed by atoms with van der Waals surface area (Å²) in [5.41, 5.74) is 7.35. The summed E-state index contributed by atoms with van der Waals surface area (Å²) < 4.78 is 7.03. The fraction of sp³-hybridized carbons (Fsp3) is 0.148. The first-order valence-electron chi connectivity index (χ1n) is 11.9. The highest BCUT2D eigenvalue weighted by atomic mass is 32.1. The number of fused-ring (bicyclic) bond motifs is 1. The Kier molecular flexibility index (Phi) is 6.96. The number of imidazole rings is 1. The molecule has 5 aromatic rings. The summed E-state index contributed by atoms with van der Waals surface area (Å²) >= 11 is 1.22. The summed E-state index contributed by atoms with van der Waals surface area (Å²) in [7, 11) is 1.65. The number of thiophene rings is 1. The van der Waals surface area contributed by atoms with Gasteiger partial charge in [0.05, 0.1) is 33.5 Å². The van der Waals surface area contributed by atoms with E-state index in [0.717, 1.165) is 4.88 Å². The molecule has 0 aliphatic rings. The van der Waals surface area contributed by atoms with Crippen molar-refractivity contribution in [2.45, 2.75) is 19.6 Å². The van der Waals surface area contributed by atoms with Gasteiger partial charge in [0.2, 0.25) is 11.9 Å². The van der Waals surface area contributed by atoms with Gasteiger partial charge in [-0.05, 0) is 42.5 Å². The van der Waals surface area contributed by atoms with Crippen LogP contribution in [-0.2, 0) is 11.3 Å². The number of anilines is 2. The van der Waals surface area contributed by atoms with Crippen molar-refractivity contribution in [1.29, 1.82) is 0 Å². The molecule has 4 N–H and O–H groups in total. The van der Waals surface area contributed by atoms with Gasteiger partial charge in [0.1, 0.15) is 6.10 Å². The molecule has 0 fully saturated rings. The van der Waals surface area contributed by atoms with E-state index in [4.69, 9.17) is 10.2 Å². The second kappa shape index (κ2) is 10.5. The molecule has 0 radical (unpaired) electrons. The number of hydrogen-bond acceptors (Lipinski definition) is 8. The number of benzene rings is 2. The molecule has 3 heterocycles. The van der Waals surface area contributed by atoms with E-state index < -0.39 is 17.9 Å². The lowest BCUT2D eigenvalue weighted by atomic mass is 10.2. The zero-order valence-corrected chi connectivity index (χ0v) is 21.8. The average molecular weight is 545 g/mol. The SMILES string of the molecule is Cc1ncc(-c2ccc(C(=O)Nc3nc4cc(N(C)C(=O)c5ccccc5)ccc4n3CC(O)C(N)=O)s2)o1. The molecule has 2 aromatic carbocycles. The second-order valence-electron chi connectivity index (χ2n) is 8.73. The number of aromatic nitrogens is 3. The van der Waals surface area contributed by atoms with Crippen molar-refractivity contribution in [3.8, 4) is 10.6 Å². The first-order chi connectivity index (χ1) is 18.7. The molecule has 0 bridgehead atoms. The van der Waals surface area contributed by atoms with Crippen molar-refractivity contribution in [3.05, 3.63) is 83.2 Å². The molecule has 0 saturated heterocycles. The van der Waals surface area contributed by atoms with Gasteiger partial charge in [0.15, 0.2) is 11.7 Å². The van der Waals surface area contributed by atoms with E-state index in [9.17, 15) is 19.5 Å². The standard InChI is InChI=1S/C27H24N6O5S/c1-15-29-13-21(38-15)22-10-11-23(39-22)25(36)31-27-30-18-12-17(32(2)26(37)16-6-4-3-5-7-16)8-9-19(18)33(27)14-20(34)24(28)35/h3-13,20,34H,14H2,1-2H3,(H2,28,35)(H,30,31,36). The normalized spacial score (nSPS) is 11.9. The Bertz CT molecular complexity index is 1690. The van der Waals surface area contributed by atoms with Crippen molar-refractivity contribution in [2.24, 2.45) is 5.73 Å². The van der Waals surface area contributed by atoms with E-state index in [0.29, 0.717) is 38.8 Å². The van der Waals surface area contributed by atoms with E-state index in [2.05, 4.69) is 15.3 Å². The van der Waals surface area contributed by atoms with Crippen LogP contribution in [0.5, 0.6) is 0 Å². The van der Waals surface area contributed by atoms with Gasteiger partial charge < -0.3 is 24.7 Å². The van der Waals surface area contributed by atoms with Gasteiger partial charge >= 0.3 is 0 Å². The summed E-state index contributed by atoms with van der Waals surface area (Å²) in [6.45, 7) is 1.50. The zero-order valence-electron chi connectivity index (χ0n) is 21.0. The van der Waals surface area contributed by atoms with E-state index in [1.807, 2.05) is 6.07 Å². The topological polar surface area (TPSA) is 157 Å². The Morgan fingerprint density at radius 2 is 1.92 bits per heavy atom. The van der Waals surface area contributed by atoms with Crippen molar-refractivity contribution in [2.75, 3.05) is 17.3 Å². The number of carbonyl (C=O) groups is 3. The van der Waals surface area contributed by atoms with Gasteiger partial charge in [0, 0.05) is 25.2 Å². The van der Waals surface area contributed by atoms with Crippen LogP contribution < -0.4 is 16.0 Å². The smallest absolute Gasteiger partial charge is 0.268 e.